The van der Waals surface area contributed by atoms with Gasteiger partial charge >= 0.3 is 0 Å². The summed E-state index contributed by atoms with van der Waals surface area (Å²) < 4.78 is 10.9. The van der Waals surface area contributed by atoms with Gasteiger partial charge in [-0.15, -0.1) is 0 Å². The highest BCUT2D eigenvalue weighted by Crippen LogP contribution is 2.30. The molecule has 0 fully saturated rings. The third kappa shape index (κ3) is 4.73. The van der Waals surface area contributed by atoms with Crippen molar-refractivity contribution in [1.82, 2.24) is 5.43 Å². The highest BCUT2D eigenvalue weighted by molar-refractivity contribution is 6.33. The number of aryl methyl sites for hydroxylation is 2. The number of halogens is 1. The van der Waals surface area contributed by atoms with E-state index < -0.39 is 0 Å². The predicted molar refractivity (Wildman–Crippen MR) is 100 cm³/mol. The molecule has 5 nitrogen and oxygen atoms in total. The smallest absolute Gasteiger partial charge is 0.272 e. The van der Waals surface area contributed by atoms with Crippen molar-refractivity contribution in [3.63, 3.8) is 0 Å². The number of hydrogen-bond acceptors (Lipinski definition) is 4. The first-order valence-corrected chi connectivity index (χ1v) is 8.25. The Kier molecular flexibility index (Phi) is 6.42. The second kappa shape index (κ2) is 8.53. The molecule has 0 saturated carbocycles. The Bertz CT molecular complexity index is 803. The van der Waals surface area contributed by atoms with Gasteiger partial charge in [-0.3, -0.25) is 4.79 Å². The molecule has 0 unspecified atom stereocenters. The van der Waals surface area contributed by atoms with Crippen LogP contribution in [-0.2, 0) is 0 Å². The molecule has 0 bridgehead atoms. The molecule has 1 N–H and O–H groups in total. The first-order chi connectivity index (χ1) is 12.0. The molecule has 25 heavy (non-hydrogen) atoms. The molecule has 0 atom stereocenters. The summed E-state index contributed by atoms with van der Waals surface area (Å²) >= 11 is 6.09. The summed E-state index contributed by atoms with van der Waals surface area (Å²) in [6, 6.07) is 8.93. The molecule has 0 radical (unpaired) electrons. The first kappa shape index (κ1) is 18.8. The zero-order valence-electron chi connectivity index (χ0n) is 14.7. The third-order valence-electron chi connectivity index (χ3n) is 3.59. The Morgan fingerprint density at radius 1 is 1.24 bits per heavy atom. The van der Waals surface area contributed by atoms with Crippen molar-refractivity contribution in [2.45, 2.75) is 20.8 Å². The zero-order chi connectivity index (χ0) is 18.4. The number of nitrogens with one attached hydrogen (secondary N) is 1. The number of rotatable bonds is 6. The van der Waals surface area contributed by atoms with Crippen LogP contribution in [0.15, 0.2) is 35.4 Å². The first-order valence-electron chi connectivity index (χ1n) is 7.87. The lowest BCUT2D eigenvalue weighted by atomic mass is 10.1. The second-order valence-electron chi connectivity index (χ2n) is 5.48. The van der Waals surface area contributed by atoms with Crippen LogP contribution in [0, 0.1) is 13.8 Å². The minimum absolute atomic E-state index is 0.363. The Labute approximate surface area is 152 Å². The van der Waals surface area contributed by atoms with Crippen molar-refractivity contribution in [2.75, 3.05) is 13.7 Å². The molecule has 0 spiro atoms. The summed E-state index contributed by atoms with van der Waals surface area (Å²) in [5.74, 6) is 0.925. The largest absolute Gasteiger partial charge is 0.493 e. The number of hydrogen-bond donors (Lipinski definition) is 1. The summed E-state index contributed by atoms with van der Waals surface area (Å²) in [7, 11) is 1.59. The van der Waals surface area contributed by atoms with E-state index in [0.717, 1.165) is 16.7 Å². The van der Waals surface area contributed by atoms with E-state index in [4.69, 9.17) is 21.1 Å². The van der Waals surface area contributed by atoms with Gasteiger partial charge in [0.25, 0.3) is 5.91 Å². The van der Waals surface area contributed by atoms with Crippen LogP contribution in [0.1, 0.15) is 34.0 Å². The van der Waals surface area contributed by atoms with Gasteiger partial charge in [0.1, 0.15) is 0 Å². The molecule has 2 aromatic carbocycles. The van der Waals surface area contributed by atoms with Crippen LogP contribution in [-0.4, -0.2) is 25.8 Å². The summed E-state index contributed by atoms with van der Waals surface area (Å²) in [5, 5.41) is 4.41. The lowest BCUT2D eigenvalue weighted by molar-refractivity contribution is 0.0955. The maximum absolute atomic E-state index is 12.2. The number of methoxy groups -OCH3 is 1. The fraction of sp³-hybridized carbons (Fsp3) is 0.263. The predicted octanol–water partition coefficient (Wildman–Crippen LogP) is 4.13. The number of carbonyl (C=O) groups excluding carboxylic acids is 1. The van der Waals surface area contributed by atoms with Gasteiger partial charge in [0, 0.05) is 5.56 Å². The Morgan fingerprint density at radius 3 is 2.64 bits per heavy atom. The zero-order valence-corrected chi connectivity index (χ0v) is 15.5. The van der Waals surface area contributed by atoms with E-state index in [9.17, 15) is 4.79 Å². The normalized spacial score (nSPS) is 10.8. The maximum Gasteiger partial charge on any atom is 0.272 e. The van der Waals surface area contributed by atoms with E-state index in [1.165, 1.54) is 0 Å². The number of nitrogens with zero attached hydrogens (tertiary/aromatic N) is 1. The number of ether oxygens (including phenoxy) is 2. The van der Waals surface area contributed by atoms with Gasteiger partial charge in [0.15, 0.2) is 11.5 Å². The molecule has 0 aliphatic carbocycles. The molecule has 0 aliphatic heterocycles. The molecule has 132 valence electrons. The van der Waals surface area contributed by atoms with Crippen molar-refractivity contribution in [3.8, 4) is 11.5 Å². The summed E-state index contributed by atoms with van der Waals surface area (Å²) in [4.78, 5) is 12.2. The molecule has 0 aliphatic rings. The number of amides is 1. The van der Waals surface area contributed by atoms with E-state index in [1.54, 1.807) is 25.5 Å². The van der Waals surface area contributed by atoms with Crippen LogP contribution >= 0.6 is 11.6 Å². The fourth-order valence-corrected chi connectivity index (χ4v) is 2.59. The Hall–Kier alpha value is -2.53. The van der Waals surface area contributed by atoms with Gasteiger partial charge in [-0.05, 0) is 56.2 Å². The molecule has 0 aromatic heterocycles. The molecule has 1 amide bonds. The molecule has 0 saturated heterocycles. The van der Waals surface area contributed by atoms with Crippen molar-refractivity contribution in [3.05, 3.63) is 57.6 Å². The number of carbonyl (C=O) groups is 1. The molecule has 2 rings (SSSR count). The van der Waals surface area contributed by atoms with Crippen molar-refractivity contribution in [2.24, 2.45) is 5.10 Å². The second-order valence-corrected chi connectivity index (χ2v) is 5.88. The van der Waals surface area contributed by atoms with E-state index in [2.05, 4.69) is 10.5 Å². The number of benzene rings is 2. The highest BCUT2D eigenvalue weighted by Gasteiger charge is 2.10. The standard InChI is InChI=1S/C19H21ClN2O3/c1-5-25-18-10-14(13(3)9-17(18)24-4)11-21-22-19(23)15-7-6-12(2)8-16(15)20/h6-11H,5H2,1-4H3,(H,22,23)/b21-11-. The van der Waals surface area contributed by atoms with Crippen molar-refractivity contribution >= 4 is 23.7 Å². The average Bonchev–Trinajstić information content (AvgIpc) is 2.57. The molecule has 2 aromatic rings. The summed E-state index contributed by atoms with van der Waals surface area (Å²) in [5.41, 5.74) is 5.63. The molecule has 6 heteroatoms. The quantitative estimate of drug-likeness (QED) is 0.622. The third-order valence-corrected chi connectivity index (χ3v) is 3.90. The van der Waals surface area contributed by atoms with Crippen LogP contribution in [0.25, 0.3) is 0 Å². The van der Waals surface area contributed by atoms with Gasteiger partial charge in [-0.2, -0.15) is 5.10 Å². The highest BCUT2D eigenvalue weighted by atomic mass is 35.5. The lowest BCUT2D eigenvalue weighted by Gasteiger charge is -2.11. The Balaban J connectivity index is 2.16. The van der Waals surface area contributed by atoms with Crippen molar-refractivity contribution in [1.29, 1.82) is 0 Å². The SMILES string of the molecule is CCOc1cc(/C=N\NC(=O)c2ccc(C)cc2Cl)c(C)cc1OC. The van der Waals surface area contributed by atoms with Crippen LogP contribution in [0.3, 0.4) is 0 Å². The van der Waals surface area contributed by atoms with E-state index in [1.807, 2.05) is 39.0 Å². The monoisotopic (exact) mass is 360 g/mol. The molecular formula is C19H21ClN2O3. The minimum Gasteiger partial charge on any atom is -0.493 e. The minimum atomic E-state index is -0.363. The van der Waals surface area contributed by atoms with Crippen LogP contribution in [0.4, 0.5) is 0 Å². The van der Waals surface area contributed by atoms with Gasteiger partial charge in [0.2, 0.25) is 0 Å². The fourth-order valence-electron chi connectivity index (χ4n) is 2.27. The van der Waals surface area contributed by atoms with Gasteiger partial charge in [0.05, 0.1) is 30.5 Å². The van der Waals surface area contributed by atoms with E-state index >= 15 is 0 Å². The summed E-state index contributed by atoms with van der Waals surface area (Å²) in [6.45, 7) is 6.27. The van der Waals surface area contributed by atoms with Gasteiger partial charge in [-0.25, -0.2) is 5.43 Å². The van der Waals surface area contributed by atoms with Gasteiger partial charge < -0.3 is 9.47 Å². The summed E-state index contributed by atoms with van der Waals surface area (Å²) in [6.07, 6.45) is 1.57. The van der Waals surface area contributed by atoms with Crippen LogP contribution in [0.5, 0.6) is 11.5 Å². The van der Waals surface area contributed by atoms with E-state index in [0.29, 0.717) is 28.7 Å². The average molecular weight is 361 g/mol. The maximum atomic E-state index is 12.2. The topological polar surface area (TPSA) is 59.9 Å². The number of hydrazone groups is 1. The van der Waals surface area contributed by atoms with E-state index in [-0.39, 0.29) is 5.91 Å². The van der Waals surface area contributed by atoms with Gasteiger partial charge in [-0.1, -0.05) is 17.7 Å². The lowest BCUT2D eigenvalue weighted by Crippen LogP contribution is -2.18. The van der Waals surface area contributed by atoms with Crippen LogP contribution < -0.4 is 14.9 Å². The molecular weight excluding hydrogens is 340 g/mol. The van der Waals surface area contributed by atoms with Crippen LogP contribution in [0.2, 0.25) is 5.02 Å². The molecule has 0 heterocycles. The van der Waals surface area contributed by atoms with Crippen molar-refractivity contribution < 1.29 is 14.3 Å². The Morgan fingerprint density at radius 2 is 2.00 bits per heavy atom.